The van der Waals surface area contributed by atoms with Crippen molar-refractivity contribution in [3.05, 3.63) is 0 Å². The van der Waals surface area contributed by atoms with Crippen molar-refractivity contribution in [2.75, 3.05) is 0 Å². The van der Waals surface area contributed by atoms with E-state index in [0.29, 0.717) is 6.42 Å². The largest absolute Gasteiger partial charge is 0.481 e. The van der Waals surface area contributed by atoms with E-state index in [9.17, 15) is 9.59 Å². The summed E-state index contributed by atoms with van der Waals surface area (Å²) in [5.41, 5.74) is 0. The quantitative estimate of drug-likeness (QED) is 0.352. The molecule has 0 aromatic rings. The number of hydrogen-bond donors (Lipinski definition) is 2. The minimum atomic E-state index is -1.01. The normalized spacial score (nSPS) is 12.1. The van der Waals surface area contributed by atoms with Gasteiger partial charge in [0, 0.05) is 0 Å². The molecule has 0 aromatic heterocycles. The summed E-state index contributed by atoms with van der Waals surface area (Å²) < 4.78 is 0. The topological polar surface area (TPSA) is 83.8 Å². The SMILES string of the molecule is CCCCCCCCC(CC(=O)OO)C(=O)O. The second-order valence-corrected chi connectivity index (χ2v) is 4.26. The fourth-order valence-corrected chi connectivity index (χ4v) is 1.72. The minimum Gasteiger partial charge on any atom is -0.481 e. The molecule has 0 aliphatic heterocycles. The average Bonchev–Trinajstić information content (AvgIpc) is 2.31. The summed E-state index contributed by atoms with van der Waals surface area (Å²) in [6, 6.07) is 0. The maximum atomic E-state index is 10.8. The second kappa shape index (κ2) is 10.1. The summed E-state index contributed by atoms with van der Waals surface area (Å²) in [6.45, 7) is 2.14. The third kappa shape index (κ3) is 8.68. The number of carboxylic acid groups (broad SMARTS) is 1. The highest BCUT2D eigenvalue weighted by Gasteiger charge is 2.21. The summed E-state index contributed by atoms with van der Waals surface area (Å²) in [4.78, 5) is 25.1. The number of carbonyl (C=O) groups is 2. The van der Waals surface area contributed by atoms with Gasteiger partial charge in [0.15, 0.2) is 0 Å². The Kier molecular flexibility index (Phi) is 9.43. The second-order valence-electron chi connectivity index (χ2n) is 4.26. The van der Waals surface area contributed by atoms with Crippen LogP contribution in [0.4, 0.5) is 0 Å². The van der Waals surface area contributed by atoms with Crippen molar-refractivity contribution in [1.82, 2.24) is 0 Å². The van der Waals surface area contributed by atoms with E-state index in [4.69, 9.17) is 10.4 Å². The summed E-state index contributed by atoms with van der Waals surface area (Å²) in [5, 5.41) is 17.0. The van der Waals surface area contributed by atoms with Crippen molar-refractivity contribution in [1.29, 1.82) is 0 Å². The van der Waals surface area contributed by atoms with E-state index in [-0.39, 0.29) is 6.42 Å². The van der Waals surface area contributed by atoms with Crippen LogP contribution in [0.5, 0.6) is 0 Å². The molecule has 0 saturated heterocycles. The van der Waals surface area contributed by atoms with Crippen molar-refractivity contribution in [2.24, 2.45) is 5.92 Å². The van der Waals surface area contributed by atoms with Gasteiger partial charge >= 0.3 is 11.9 Å². The number of carbonyl (C=O) groups excluding carboxylic acids is 1. The van der Waals surface area contributed by atoms with Crippen LogP contribution in [0.1, 0.15) is 58.3 Å². The first-order valence-corrected chi connectivity index (χ1v) is 6.18. The van der Waals surface area contributed by atoms with Gasteiger partial charge in [-0.05, 0) is 6.42 Å². The number of rotatable bonds is 10. The molecule has 0 spiro atoms. The van der Waals surface area contributed by atoms with Gasteiger partial charge in [-0.25, -0.2) is 4.79 Å². The van der Waals surface area contributed by atoms with Gasteiger partial charge in [-0.2, -0.15) is 5.26 Å². The Labute approximate surface area is 102 Å². The number of aliphatic carboxylic acids is 1. The monoisotopic (exact) mass is 246 g/mol. The molecule has 0 saturated carbocycles. The Balaban J connectivity index is 3.71. The number of unbranched alkanes of at least 4 members (excludes halogenated alkanes) is 5. The zero-order valence-corrected chi connectivity index (χ0v) is 10.4. The van der Waals surface area contributed by atoms with E-state index < -0.39 is 17.9 Å². The summed E-state index contributed by atoms with van der Waals surface area (Å²) in [6.07, 6.45) is 6.63. The van der Waals surface area contributed by atoms with Crippen LogP contribution in [-0.2, 0) is 14.5 Å². The van der Waals surface area contributed by atoms with Gasteiger partial charge < -0.3 is 9.99 Å². The fourth-order valence-electron chi connectivity index (χ4n) is 1.72. The molecule has 0 aromatic carbocycles. The lowest BCUT2D eigenvalue weighted by Crippen LogP contribution is -2.18. The molecule has 5 nitrogen and oxygen atoms in total. The predicted octanol–water partition coefficient (Wildman–Crippen LogP) is 2.84. The summed E-state index contributed by atoms with van der Waals surface area (Å²) >= 11 is 0. The first-order valence-electron chi connectivity index (χ1n) is 6.18. The molecule has 17 heavy (non-hydrogen) atoms. The molecule has 0 aliphatic carbocycles. The Hall–Kier alpha value is -1.10. The Morgan fingerprint density at radius 3 is 2.24 bits per heavy atom. The smallest absolute Gasteiger partial charge is 0.342 e. The zero-order valence-electron chi connectivity index (χ0n) is 10.4. The zero-order chi connectivity index (χ0) is 13.1. The molecule has 0 rings (SSSR count). The van der Waals surface area contributed by atoms with E-state index in [1.165, 1.54) is 19.3 Å². The lowest BCUT2D eigenvalue weighted by atomic mass is 9.97. The van der Waals surface area contributed by atoms with E-state index in [1.54, 1.807) is 0 Å². The highest BCUT2D eigenvalue weighted by molar-refractivity contribution is 5.78. The van der Waals surface area contributed by atoms with E-state index in [1.807, 2.05) is 0 Å². The molecular formula is C12H22O5. The number of hydrogen-bond acceptors (Lipinski definition) is 4. The van der Waals surface area contributed by atoms with Gasteiger partial charge in [-0.1, -0.05) is 45.4 Å². The highest BCUT2D eigenvalue weighted by atomic mass is 17.1. The summed E-state index contributed by atoms with van der Waals surface area (Å²) in [7, 11) is 0. The van der Waals surface area contributed by atoms with Crippen molar-refractivity contribution in [2.45, 2.75) is 58.3 Å². The van der Waals surface area contributed by atoms with Gasteiger partial charge in [-0.15, -0.1) is 0 Å². The van der Waals surface area contributed by atoms with Crippen LogP contribution in [0.2, 0.25) is 0 Å². The Morgan fingerprint density at radius 1 is 1.12 bits per heavy atom. The van der Waals surface area contributed by atoms with Crippen LogP contribution in [0, 0.1) is 5.92 Å². The van der Waals surface area contributed by atoms with Crippen molar-refractivity contribution >= 4 is 11.9 Å². The molecule has 100 valence electrons. The molecule has 2 N–H and O–H groups in total. The van der Waals surface area contributed by atoms with Gasteiger partial charge in [0.05, 0.1) is 12.3 Å². The molecule has 0 bridgehead atoms. The van der Waals surface area contributed by atoms with Crippen molar-refractivity contribution in [3.8, 4) is 0 Å². The Morgan fingerprint density at radius 2 is 1.71 bits per heavy atom. The molecule has 0 radical (unpaired) electrons. The van der Waals surface area contributed by atoms with Crippen LogP contribution >= 0.6 is 0 Å². The third-order valence-corrected chi connectivity index (χ3v) is 2.77. The van der Waals surface area contributed by atoms with E-state index in [2.05, 4.69) is 11.8 Å². The molecule has 0 fully saturated rings. The van der Waals surface area contributed by atoms with Gasteiger partial charge in [-0.3, -0.25) is 4.79 Å². The van der Waals surface area contributed by atoms with E-state index >= 15 is 0 Å². The van der Waals surface area contributed by atoms with Gasteiger partial charge in [0.2, 0.25) is 0 Å². The number of carboxylic acids is 1. The standard InChI is InChI=1S/C12H22O5/c1-2-3-4-5-6-7-8-10(12(14)15)9-11(13)17-16/h10,16H,2-9H2,1H3,(H,14,15). The molecule has 1 atom stereocenters. The minimum absolute atomic E-state index is 0.263. The van der Waals surface area contributed by atoms with Crippen LogP contribution in [0.15, 0.2) is 0 Å². The maximum Gasteiger partial charge on any atom is 0.342 e. The Bertz CT molecular complexity index is 227. The molecule has 1 unspecified atom stereocenters. The van der Waals surface area contributed by atoms with Crippen molar-refractivity contribution in [3.63, 3.8) is 0 Å². The molecule has 5 heteroatoms. The van der Waals surface area contributed by atoms with Crippen LogP contribution in [0.3, 0.4) is 0 Å². The average molecular weight is 246 g/mol. The summed E-state index contributed by atoms with van der Waals surface area (Å²) in [5.74, 6) is -2.65. The van der Waals surface area contributed by atoms with Crippen LogP contribution < -0.4 is 0 Å². The van der Waals surface area contributed by atoms with E-state index in [0.717, 1.165) is 19.3 Å². The molecule has 0 heterocycles. The molecular weight excluding hydrogens is 224 g/mol. The molecule has 0 aliphatic rings. The predicted molar refractivity (Wildman–Crippen MR) is 62.5 cm³/mol. The highest BCUT2D eigenvalue weighted by Crippen LogP contribution is 2.16. The van der Waals surface area contributed by atoms with Gasteiger partial charge in [0.1, 0.15) is 0 Å². The maximum absolute atomic E-state index is 10.8. The first kappa shape index (κ1) is 15.9. The van der Waals surface area contributed by atoms with Crippen LogP contribution in [-0.4, -0.2) is 22.3 Å². The lowest BCUT2D eigenvalue weighted by molar-refractivity contribution is -0.235. The molecule has 0 amide bonds. The fraction of sp³-hybridized carbons (Fsp3) is 0.833. The van der Waals surface area contributed by atoms with Crippen molar-refractivity contribution < 1.29 is 24.8 Å². The third-order valence-electron chi connectivity index (χ3n) is 2.77. The lowest BCUT2D eigenvalue weighted by Gasteiger charge is -2.09. The van der Waals surface area contributed by atoms with Gasteiger partial charge in [0.25, 0.3) is 0 Å². The first-order chi connectivity index (χ1) is 8.11. The van der Waals surface area contributed by atoms with Crippen LogP contribution in [0.25, 0.3) is 0 Å².